The van der Waals surface area contributed by atoms with Gasteiger partial charge in [-0.1, -0.05) is 18.2 Å². The molecular formula is C17H17N3O2. The number of benzene rings is 1. The van der Waals surface area contributed by atoms with Gasteiger partial charge in [0, 0.05) is 11.9 Å². The van der Waals surface area contributed by atoms with Gasteiger partial charge in [0.15, 0.2) is 0 Å². The summed E-state index contributed by atoms with van der Waals surface area (Å²) in [6.07, 6.45) is 1.71. The predicted molar refractivity (Wildman–Crippen MR) is 85.4 cm³/mol. The van der Waals surface area contributed by atoms with Crippen molar-refractivity contribution < 1.29 is 9.53 Å². The third-order valence-electron chi connectivity index (χ3n) is 3.63. The van der Waals surface area contributed by atoms with Crippen LogP contribution in [0.15, 0.2) is 59.9 Å². The van der Waals surface area contributed by atoms with E-state index >= 15 is 0 Å². The van der Waals surface area contributed by atoms with E-state index in [-0.39, 0.29) is 12.0 Å². The number of carbonyl (C=O) groups is 1. The molecule has 0 saturated carbocycles. The van der Waals surface area contributed by atoms with Gasteiger partial charge in [-0.2, -0.15) is 0 Å². The van der Waals surface area contributed by atoms with E-state index in [0.717, 1.165) is 22.8 Å². The topological polar surface area (TPSA) is 63.2 Å². The highest BCUT2D eigenvalue weighted by molar-refractivity contribution is 5.93. The molecule has 0 fully saturated rings. The molecule has 1 atom stereocenters. The monoisotopic (exact) mass is 295 g/mol. The van der Waals surface area contributed by atoms with E-state index in [0.29, 0.717) is 5.57 Å². The molecule has 2 N–H and O–H groups in total. The molecule has 5 heteroatoms. The van der Waals surface area contributed by atoms with Gasteiger partial charge < -0.3 is 15.4 Å². The number of allylic oxidation sites excluding steroid dienone is 1. The van der Waals surface area contributed by atoms with Crippen LogP contribution in [-0.4, -0.2) is 18.1 Å². The number of esters is 1. The summed E-state index contributed by atoms with van der Waals surface area (Å²) in [5.74, 6) is -0.374. The van der Waals surface area contributed by atoms with Gasteiger partial charge in [0.25, 0.3) is 0 Å². The number of fused-ring (bicyclic) bond motifs is 1. The van der Waals surface area contributed by atoms with E-state index in [2.05, 4.69) is 15.6 Å². The Balaban J connectivity index is 2.14. The second-order valence-electron chi connectivity index (χ2n) is 5.03. The molecule has 0 spiro atoms. The average Bonchev–Trinajstić information content (AvgIpc) is 2.70. The van der Waals surface area contributed by atoms with Crippen LogP contribution in [0.1, 0.15) is 18.7 Å². The zero-order valence-corrected chi connectivity index (χ0v) is 12.5. The molecule has 0 amide bonds. The number of nitrogens with one attached hydrogen (secondary N) is 2. The van der Waals surface area contributed by atoms with Crippen molar-refractivity contribution in [3.8, 4) is 0 Å². The third-order valence-corrected chi connectivity index (χ3v) is 3.63. The van der Waals surface area contributed by atoms with Crippen LogP contribution in [-0.2, 0) is 9.53 Å². The molecule has 1 aliphatic heterocycles. The maximum atomic E-state index is 12.3. The van der Waals surface area contributed by atoms with E-state index < -0.39 is 0 Å². The van der Waals surface area contributed by atoms with Gasteiger partial charge in [-0.25, -0.2) is 4.79 Å². The first kappa shape index (κ1) is 14.1. The smallest absolute Gasteiger partial charge is 0.338 e. The van der Waals surface area contributed by atoms with Crippen molar-refractivity contribution in [3.05, 3.63) is 65.6 Å². The van der Waals surface area contributed by atoms with Crippen LogP contribution >= 0.6 is 0 Å². The molecule has 22 heavy (non-hydrogen) atoms. The highest BCUT2D eigenvalue weighted by Crippen LogP contribution is 2.35. The number of hydrogen-bond acceptors (Lipinski definition) is 5. The van der Waals surface area contributed by atoms with Crippen LogP contribution in [0.25, 0.3) is 0 Å². The molecule has 112 valence electrons. The Kier molecular flexibility index (Phi) is 3.78. The lowest BCUT2D eigenvalue weighted by Crippen LogP contribution is -2.22. The molecule has 2 heterocycles. The number of anilines is 2. The minimum Gasteiger partial charge on any atom is -0.466 e. The second kappa shape index (κ2) is 5.89. The number of carbonyl (C=O) groups excluding carboxylic acids is 1. The molecule has 1 aliphatic rings. The Labute approximate surface area is 129 Å². The largest absolute Gasteiger partial charge is 0.466 e. The van der Waals surface area contributed by atoms with Crippen molar-refractivity contribution in [3.63, 3.8) is 0 Å². The SMILES string of the molecule is COC(=O)C1=C(C)Nc2ccccc2NC1c1ccccn1. The summed E-state index contributed by atoms with van der Waals surface area (Å²) in [4.78, 5) is 16.7. The summed E-state index contributed by atoms with van der Waals surface area (Å²) in [5.41, 5.74) is 3.87. The maximum Gasteiger partial charge on any atom is 0.338 e. The van der Waals surface area contributed by atoms with E-state index in [4.69, 9.17) is 4.74 Å². The van der Waals surface area contributed by atoms with Crippen molar-refractivity contribution >= 4 is 17.3 Å². The summed E-state index contributed by atoms with van der Waals surface area (Å²) in [6, 6.07) is 13.1. The zero-order chi connectivity index (χ0) is 15.5. The fourth-order valence-electron chi connectivity index (χ4n) is 2.58. The number of para-hydroxylation sites is 2. The van der Waals surface area contributed by atoms with Gasteiger partial charge in [-0.3, -0.25) is 4.98 Å². The Morgan fingerprint density at radius 1 is 1.14 bits per heavy atom. The van der Waals surface area contributed by atoms with Crippen LogP contribution in [0.5, 0.6) is 0 Å². The Hall–Kier alpha value is -2.82. The van der Waals surface area contributed by atoms with Crippen molar-refractivity contribution in [2.45, 2.75) is 13.0 Å². The number of hydrogen-bond donors (Lipinski definition) is 2. The fraction of sp³-hybridized carbons (Fsp3) is 0.176. The van der Waals surface area contributed by atoms with Crippen LogP contribution < -0.4 is 10.6 Å². The summed E-state index contributed by atoms with van der Waals surface area (Å²) in [6.45, 7) is 1.87. The van der Waals surface area contributed by atoms with Crippen molar-refractivity contribution in [2.24, 2.45) is 0 Å². The number of pyridine rings is 1. The molecular weight excluding hydrogens is 278 g/mol. The van der Waals surface area contributed by atoms with Gasteiger partial charge in [0.2, 0.25) is 0 Å². The van der Waals surface area contributed by atoms with E-state index in [1.807, 2.05) is 49.4 Å². The number of nitrogens with zero attached hydrogens (tertiary/aromatic N) is 1. The minimum absolute atomic E-state index is 0.371. The number of methoxy groups -OCH3 is 1. The summed E-state index contributed by atoms with van der Waals surface area (Å²) in [5, 5.41) is 6.66. The Morgan fingerprint density at radius 2 is 1.86 bits per heavy atom. The fourth-order valence-corrected chi connectivity index (χ4v) is 2.58. The lowest BCUT2D eigenvalue weighted by Gasteiger charge is -2.20. The Bertz CT molecular complexity index is 726. The van der Waals surface area contributed by atoms with Crippen LogP contribution in [0.3, 0.4) is 0 Å². The van der Waals surface area contributed by atoms with Crippen molar-refractivity contribution in [1.82, 2.24) is 4.98 Å². The van der Waals surface area contributed by atoms with E-state index in [1.54, 1.807) is 6.20 Å². The first-order valence-corrected chi connectivity index (χ1v) is 7.03. The number of aromatic nitrogens is 1. The highest BCUT2D eigenvalue weighted by Gasteiger charge is 2.29. The van der Waals surface area contributed by atoms with Crippen molar-refractivity contribution in [1.29, 1.82) is 0 Å². The summed E-state index contributed by atoms with van der Waals surface area (Å²) >= 11 is 0. The molecule has 0 radical (unpaired) electrons. The second-order valence-corrected chi connectivity index (χ2v) is 5.03. The quantitative estimate of drug-likeness (QED) is 0.834. The molecule has 2 aromatic rings. The summed E-state index contributed by atoms with van der Waals surface area (Å²) < 4.78 is 4.96. The van der Waals surface area contributed by atoms with E-state index in [9.17, 15) is 4.79 Å². The zero-order valence-electron chi connectivity index (χ0n) is 12.5. The van der Waals surface area contributed by atoms with Gasteiger partial charge in [0.1, 0.15) is 6.04 Å². The standard InChI is InChI=1S/C17H17N3O2/c1-11-15(17(21)22-2)16(14-9-5-6-10-18-14)20-13-8-4-3-7-12(13)19-11/h3-10,16,19-20H,1-2H3. The van der Waals surface area contributed by atoms with E-state index in [1.165, 1.54) is 7.11 Å². The van der Waals surface area contributed by atoms with Gasteiger partial charge in [-0.15, -0.1) is 0 Å². The molecule has 0 saturated heterocycles. The molecule has 1 aromatic carbocycles. The maximum absolute atomic E-state index is 12.3. The van der Waals surface area contributed by atoms with Gasteiger partial charge in [-0.05, 0) is 31.2 Å². The number of rotatable bonds is 2. The molecule has 0 aliphatic carbocycles. The average molecular weight is 295 g/mol. The Morgan fingerprint density at radius 3 is 2.55 bits per heavy atom. The van der Waals surface area contributed by atoms with Crippen molar-refractivity contribution in [2.75, 3.05) is 17.7 Å². The molecule has 3 rings (SSSR count). The van der Waals surface area contributed by atoms with Gasteiger partial charge in [0.05, 0.1) is 29.8 Å². The normalized spacial score (nSPS) is 16.9. The lowest BCUT2D eigenvalue weighted by atomic mass is 10.0. The first-order chi connectivity index (χ1) is 10.7. The number of ether oxygens (including phenoxy) is 1. The van der Waals surface area contributed by atoms with Crippen LogP contribution in [0, 0.1) is 0 Å². The molecule has 1 unspecified atom stereocenters. The highest BCUT2D eigenvalue weighted by atomic mass is 16.5. The minimum atomic E-state index is -0.374. The molecule has 0 bridgehead atoms. The first-order valence-electron chi connectivity index (χ1n) is 7.03. The predicted octanol–water partition coefficient (Wildman–Crippen LogP) is 3.11. The van der Waals surface area contributed by atoms with Gasteiger partial charge >= 0.3 is 5.97 Å². The summed E-state index contributed by atoms with van der Waals surface area (Å²) in [7, 11) is 1.39. The molecule has 5 nitrogen and oxygen atoms in total. The third kappa shape index (κ3) is 2.53. The van der Waals surface area contributed by atoms with Crippen LogP contribution in [0.2, 0.25) is 0 Å². The van der Waals surface area contributed by atoms with Crippen LogP contribution in [0.4, 0.5) is 11.4 Å². The lowest BCUT2D eigenvalue weighted by molar-refractivity contribution is -0.136. The molecule has 1 aromatic heterocycles.